The molecule has 0 aromatic carbocycles. The summed E-state index contributed by atoms with van der Waals surface area (Å²) in [5, 5.41) is 9.14. The molecule has 0 aliphatic carbocycles. The number of thioether (sulfide) groups is 1. The number of carboxylic acid groups (broad SMARTS) is 1. The standard InChI is InChI=1S/C10H17FO2S/c1-2-3-4-10(9(12)13)5-6-14-7-8(10)11/h8H,2-7H2,1H3,(H,12,13). The van der Waals surface area contributed by atoms with Crippen LogP contribution in [0, 0.1) is 5.41 Å². The number of aliphatic carboxylic acids is 1. The highest BCUT2D eigenvalue weighted by Crippen LogP contribution is 2.41. The second-order valence-corrected chi connectivity index (χ2v) is 5.01. The van der Waals surface area contributed by atoms with Gasteiger partial charge in [0, 0.05) is 5.75 Å². The van der Waals surface area contributed by atoms with Gasteiger partial charge >= 0.3 is 5.97 Å². The van der Waals surface area contributed by atoms with Crippen molar-refractivity contribution >= 4 is 17.7 Å². The molecule has 1 saturated heterocycles. The van der Waals surface area contributed by atoms with Crippen LogP contribution in [0.5, 0.6) is 0 Å². The lowest BCUT2D eigenvalue weighted by molar-refractivity contribution is -0.154. The second-order valence-electron chi connectivity index (χ2n) is 3.86. The van der Waals surface area contributed by atoms with Crippen molar-refractivity contribution in [3.63, 3.8) is 0 Å². The van der Waals surface area contributed by atoms with Gasteiger partial charge < -0.3 is 5.11 Å². The van der Waals surface area contributed by atoms with E-state index in [1.165, 1.54) is 11.8 Å². The SMILES string of the molecule is CCCCC1(C(=O)O)CCSCC1F. The molecule has 4 heteroatoms. The zero-order valence-electron chi connectivity index (χ0n) is 8.46. The van der Waals surface area contributed by atoms with E-state index in [-0.39, 0.29) is 0 Å². The van der Waals surface area contributed by atoms with Crippen LogP contribution in [0.15, 0.2) is 0 Å². The van der Waals surface area contributed by atoms with Gasteiger partial charge in [-0.25, -0.2) is 4.39 Å². The van der Waals surface area contributed by atoms with Crippen LogP contribution >= 0.6 is 11.8 Å². The molecule has 1 fully saturated rings. The molecule has 0 saturated carbocycles. The Hall–Kier alpha value is -0.250. The van der Waals surface area contributed by atoms with E-state index in [0.717, 1.165) is 18.6 Å². The summed E-state index contributed by atoms with van der Waals surface area (Å²) in [4.78, 5) is 11.1. The maximum atomic E-state index is 13.7. The van der Waals surface area contributed by atoms with Gasteiger partial charge in [0.2, 0.25) is 0 Å². The molecule has 1 aliphatic heterocycles. The van der Waals surface area contributed by atoms with Crippen LogP contribution in [-0.2, 0) is 4.79 Å². The van der Waals surface area contributed by atoms with Crippen molar-refractivity contribution in [2.75, 3.05) is 11.5 Å². The third-order valence-electron chi connectivity index (χ3n) is 2.96. The Morgan fingerprint density at radius 3 is 2.93 bits per heavy atom. The predicted octanol–water partition coefficient (Wildman–Crippen LogP) is 2.72. The third kappa shape index (κ3) is 2.22. The van der Waals surface area contributed by atoms with Crippen molar-refractivity contribution in [3.05, 3.63) is 0 Å². The maximum Gasteiger partial charge on any atom is 0.312 e. The smallest absolute Gasteiger partial charge is 0.312 e. The topological polar surface area (TPSA) is 37.3 Å². The average molecular weight is 220 g/mol. The molecule has 2 nitrogen and oxygen atoms in total. The van der Waals surface area contributed by atoms with Crippen molar-refractivity contribution < 1.29 is 14.3 Å². The van der Waals surface area contributed by atoms with Gasteiger partial charge in [0.15, 0.2) is 0 Å². The quantitative estimate of drug-likeness (QED) is 0.791. The van der Waals surface area contributed by atoms with Crippen molar-refractivity contribution in [2.24, 2.45) is 5.41 Å². The van der Waals surface area contributed by atoms with Gasteiger partial charge in [0.25, 0.3) is 0 Å². The average Bonchev–Trinajstić information content (AvgIpc) is 2.16. The summed E-state index contributed by atoms with van der Waals surface area (Å²) in [6, 6.07) is 0. The summed E-state index contributed by atoms with van der Waals surface area (Å²) in [6.07, 6.45) is 1.52. The first-order chi connectivity index (χ1) is 6.63. The molecule has 82 valence electrons. The normalized spacial score (nSPS) is 32.9. The predicted molar refractivity (Wildman–Crippen MR) is 56.4 cm³/mol. The van der Waals surface area contributed by atoms with E-state index in [4.69, 9.17) is 5.11 Å². The minimum Gasteiger partial charge on any atom is -0.481 e. The van der Waals surface area contributed by atoms with Gasteiger partial charge in [-0.2, -0.15) is 11.8 Å². The number of carboxylic acids is 1. The summed E-state index contributed by atoms with van der Waals surface area (Å²) < 4.78 is 13.7. The fraction of sp³-hybridized carbons (Fsp3) is 0.900. The largest absolute Gasteiger partial charge is 0.481 e. The number of hydrogen-bond donors (Lipinski definition) is 1. The fourth-order valence-corrected chi connectivity index (χ4v) is 3.08. The molecule has 1 rings (SSSR count). The van der Waals surface area contributed by atoms with Crippen LogP contribution in [0.3, 0.4) is 0 Å². The van der Waals surface area contributed by atoms with Gasteiger partial charge in [0.1, 0.15) is 11.6 Å². The minimum absolute atomic E-state index is 0.343. The van der Waals surface area contributed by atoms with Crippen LogP contribution in [0.2, 0.25) is 0 Å². The molecule has 1 heterocycles. The highest BCUT2D eigenvalue weighted by molar-refractivity contribution is 7.99. The van der Waals surface area contributed by atoms with Gasteiger partial charge in [0.05, 0.1) is 0 Å². The highest BCUT2D eigenvalue weighted by atomic mass is 32.2. The van der Waals surface area contributed by atoms with Crippen molar-refractivity contribution in [1.29, 1.82) is 0 Å². The number of unbranched alkanes of at least 4 members (excludes halogenated alkanes) is 1. The van der Waals surface area contributed by atoms with Gasteiger partial charge in [-0.15, -0.1) is 0 Å². The second kappa shape index (κ2) is 5.01. The van der Waals surface area contributed by atoms with Crippen LogP contribution in [0.4, 0.5) is 4.39 Å². The maximum absolute atomic E-state index is 13.7. The Kier molecular flexibility index (Phi) is 4.23. The number of carbonyl (C=O) groups is 1. The molecular formula is C10H17FO2S. The first kappa shape index (κ1) is 11.8. The Morgan fingerprint density at radius 2 is 2.43 bits per heavy atom. The third-order valence-corrected chi connectivity index (χ3v) is 3.98. The van der Waals surface area contributed by atoms with E-state index in [1.807, 2.05) is 6.92 Å². The summed E-state index contributed by atoms with van der Waals surface area (Å²) in [6.45, 7) is 2.00. The number of rotatable bonds is 4. The number of alkyl halides is 1. The van der Waals surface area contributed by atoms with E-state index in [2.05, 4.69) is 0 Å². The van der Waals surface area contributed by atoms with Gasteiger partial charge in [-0.3, -0.25) is 4.79 Å². The monoisotopic (exact) mass is 220 g/mol. The number of halogens is 1. The van der Waals surface area contributed by atoms with Crippen LogP contribution in [-0.4, -0.2) is 28.8 Å². The molecule has 2 atom stereocenters. The lowest BCUT2D eigenvalue weighted by Crippen LogP contribution is -2.44. The first-order valence-corrected chi connectivity index (χ1v) is 6.24. The molecule has 2 unspecified atom stereocenters. The van der Waals surface area contributed by atoms with Crippen LogP contribution in [0.25, 0.3) is 0 Å². The first-order valence-electron chi connectivity index (χ1n) is 5.08. The molecule has 0 aromatic rings. The Balaban J connectivity index is 2.72. The van der Waals surface area contributed by atoms with Crippen molar-refractivity contribution in [1.82, 2.24) is 0 Å². The molecule has 0 radical (unpaired) electrons. The molecule has 1 aliphatic rings. The summed E-state index contributed by atoms with van der Waals surface area (Å²) in [7, 11) is 0. The molecule has 0 spiro atoms. The fourth-order valence-electron chi connectivity index (χ4n) is 1.88. The zero-order chi connectivity index (χ0) is 10.6. The van der Waals surface area contributed by atoms with E-state index in [1.54, 1.807) is 0 Å². The molecule has 1 N–H and O–H groups in total. The van der Waals surface area contributed by atoms with E-state index in [9.17, 15) is 9.18 Å². The highest BCUT2D eigenvalue weighted by Gasteiger charge is 2.47. The Labute approximate surface area is 88.3 Å². The number of hydrogen-bond acceptors (Lipinski definition) is 2. The lowest BCUT2D eigenvalue weighted by atomic mass is 9.76. The molecule has 0 aromatic heterocycles. The Bertz CT molecular complexity index is 210. The van der Waals surface area contributed by atoms with Crippen LogP contribution < -0.4 is 0 Å². The van der Waals surface area contributed by atoms with Gasteiger partial charge in [-0.1, -0.05) is 19.8 Å². The minimum atomic E-state index is -1.18. The molecular weight excluding hydrogens is 203 g/mol. The van der Waals surface area contributed by atoms with E-state index < -0.39 is 17.6 Å². The summed E-state index contributed by atoms with van der Waals surface area (Å²) >= 11 is 1.52. The van der Waals surface area contributed by atoms with Crippen molar-refractivity contribution in [3.8, 4) is 0 Å². The zero-order valence-corrected chi connectivity index (χ0v) is 9.28. The molecule has 0 amide bonds. The lowest BCUT2D eigenvalue weighted by Gasteiger charge is -2.36. The van der Waals surface area contributed by atoms with Crippen molar-refractivity contribution in [2.45, 2.75) is 38.8 Å². The van der Waals surface area contributed by atoms with E-state index >= 15 is 0 Å². The summed E-state index contributed by atoms with van der Waals surface area (Å²) in [5.74, 6) is 0.172. The molecule has 0 bridgehead atoms. The van der Waals surface area contributed by atoms with Gasteiger partial charge in [-0.05, 0) is 18.6 Å². The molecule has 14 heavy (non-hydrogen) atoms. The van der Waals surface area contributed by atoms with Crippen LogP contribution in [0.1, 0.15) is 32.6 Å². The summed E-state index contributed by atoms with van der Waals surface area (Å²) in [5.41, 5.74) is -1.08. The van der Waals surface area contributed by atoms with E-state index in [0.29, 0.717) is 18.6 Å². The Morgan fingerprint density at radius 1 is 1.71 bits per heavy atom.